The van der Waals surface area contributed by atoms with E-state index in [0.29, 0.717) is 6.54 Å². The van der Waals surface area contributed by atoms with Crippen LogP contribution in [0, 0.1) is 0 Å². The topological polar surface area (TPSA) is 93.2 Å². The molecule has 1 aromatic carbocycles. The third kappa shape index (κ3) is 4.21. The average molecular weight is 425 g/mol. The number of rotatable bonds is 6. The molecule has 0 fully saturated rings. The van der Waals surface area contributed by atoms with Crippen molar-refractivity contribution < 1.29 is 5.11 Å². The number of hydrogen-bond donors (Lipinski definition) is 2. The lowest BCUT2D eigenvalue weighted by Gasteiger charge is -2.16. The molecule has 0 aliphatic rings. The van der Waals surface area contributed by atoms with Crippen molar-refractivity contribution >= 4 is 17.0 Å². The zero-order valence-corrected chi connectivity index (χ0v) is 17.8. The molecule has 0 saturated carbocycles. The van der Waals surface area contributed by atoms with Crippen LogP contribution in [-0.4, -0.2) is 40.1 Å². The molecule has 8 heteroatoms. The summed E-state index contributed by atoms with van der Waals surface area (Å²) in [5.74, 6) is 0.730. The summed E-state index contributed by atoms with van der Waals surface area (Å²) in [5.41, 5.74) is 5.20. The molecule has 0 atom stereocenters. The summed E-state index contributed by atoms with van der Waals surface area (Å²) in [5, 5.41) is 22.0. The van der Waals surface area contributed by atoms with Crippen molar-refractivity contribution in [3.63, 3.8) is 0 Å². The minimum atomic E-state index is -0.807. The van der Waals surface area contributed by atoms with E-state index in [1.807, 2.05) is 35.2 Å². The fraction of sp³-hybridized carbons (Fsp3) is 0.167. The molecule has 0 spiro atoms. The Balaban J connectivity index is 1.41. The van der Waals surface area contributed by atoms with Crippen molar-refractivity contribution in [1.29, 1.82) is 0 Å². The van der Waals surface area contributed by atoms with Crippen molar-refractivity contribution in [3.8, 4) is 22.3 Å². The highest BCUT2D eigenvalue weighted by Gasteiger charge is 2.14. The van der Waals surface area contributed by atoms with Gasteiger partial charge in [-0.1, -0.05) is 24.3 Å². The average Bonchev–Trinajstić information content (AvgIpc) is 3.41. The molecule has 0 aliphatic carbocycles. The van der Waals surface area contributed by atoms with Gasteiger partial charge >= 0.3 is 0 Å². The maximum absolute atomic E-state index is 10.00. The second kappa shape index (κ2) is 7.90. The first kappa shape index (κ1) is 19.9. The number of aromatic nitrogens is 6. The van der Waals surface area contributed by atoms with Gasteiger partial charge < -0.3 is 10.4 Å². The normalized spacial score (nSPS) is 11.7. The first-order valence-corrected chi connectivity index (χ1v) is 10.3. The van der Waals surface area contributed by atoms with Gasteiger partial charge in [-0.05, 0) is 43.2 Å². The van der Waals surface area contributed by atoms with Gasteiger partial charge in [-0.15, -0.1) is 0 Å². The Labute approximate surface area is 185 Å². The molecule has 0 amide bonds. The van der Waals surface area contributed by atoms with E-state index in [2.05, 4.69) is 55.8 Å². The molecule has 32 heavy (non-hydrogen) atoms. The quantitative estimate of drug-likeness (QED) is 0.424. The van der Waals surface area contributed by atoms with Crippen LogP contribution in [0.5, 0.6) is 0 Å². The van der Waals surface area contributed by atoms with Gasteiger partial charge in [-0.3, -0.25) is 9.67 Å². The maximum atomic E-state index is 10.00. The molecule has 0 saturated heterocycles. The van der Waals surface area contributed by atoms with E-state index < -0.39 is 5.60 Å². The summed E-state index contributed by atoms with van der Waals surface area (Å²) in [6, 6.07) is 14.2. The zero-order valence-electron chi connectivity index (χ0n) is 17.8. The fourth-order valence-corrected chi connectivity index (χ4v) is 3.61. The van der Waals surface area contributed by atoms with Gasteiger partial charge in [0, 0.05) is 41.6 Å². The van der Waals surface area contributed by atoms with Crippen molar-refractivity contribution in [1.82, 2.24) is 29.4 Å². The summed E-state index contributed by atoms with van der Waals surface area (Å²) >= 11 is 0. The van der Waals surface area contributed by atoms with Crippen LogP contribution in [-0.2, 0) is 6.54 Å². The number of nitrogens with one attached hydrogen (secondary N) is 1. The highest BCUT2D eigenvalue weighted by Crippen LogP contribution is 2.28. The minimum absolute atomic E-state index is 0.444. The van der Waals surface area contributed by atoms with E-state index >= 15 is 0 Å². The summed E-state index contributed by atoms with van der Waals surface area (Å²) in [6.07, 6.45) is 10.8. The largest absolute Gasteiger partial charge is 0.389 e. The van der Waals surface area contributed by atoms with Crippen molar-refractivity contribution in [3.05, 3.63) is 79.8 Å². The second-order valence-corrected chi connectivity index (χ2v) is 8.34. The van der Waals surface area contributed by atoms with Crippen LogP contribution in [0.1, 0.15) is 13.8 Å². The van der Waals surface area contributed by atoms with Crippen LogP contribution in [0.2, 0.25) is 0 Å². The van der Waals surface area contributed by atoms with Gasteiger partial charge in [-0.2, -0.15) is 10.2 Å². The zero-order chi connectivity index (χ0) is 22.1. The third-order valence-corrected chi connectivity index (χ3v) is 5.08. The van der Waals surface area contributed by atoms with Crippen LogP contribution < -0.4 is 5.32 Å². The molecule has 4 aromatic heterocycles. The molecular formula is C24H23N7O. The second-order valence-electron chi connectivity index (χ2n) is 8.34. The molecule has 0 aliphatic heterocycles. The van der Waals surface area contributed by atoms with Gasteiger partial charge in [0.05, 0.1) is 18.3 Å². The molecule has 0 unspecified atom stereocenters. The standard InChI is InChI=1S/C24H23N7O/c1-24(2,32)15-30-13-20(12-27-30)18-5-3-17(4-6-18)19-11-22-23(26-16-28-31(22)14-19)29-21-7-9-25-10-8-21/h3-14,16,32H,15H2,1-2H3,(H,25,26,28,29). The SMILES string of the molecule is CC(C)(O)Cn1cc(-c2ccc(-c3cc4c(Nc5ccncc5)ncnn4c3)cc2)cn1. The summed E-state index contributed by atoms with van der Waals surface area (Å²) in [4.78, 5) is 8.44. The Morgan fingerprint density at radius 1 is 0.906 bits per heavy atom. The highest BCUT2D eigenvalue weighted by molar-refractivity contribution is 5.80. The number of nitrogens with zero attached hydrogens (tertiary/aromatic N) is 6. The van der Waals surface area contributed by atoms with E-state index in [4.69, 9.17) is 0 Å². The van der Waals surface area contributed by atoms with E-state index in [1.54, 1.807) is 30.9 Å². The predicted molar refractivity (Wildman–Crippen MR) is 123 cm³/mol. The monoisotopic (exact) mass is 425 g/mol. The van der Waals surface area contributed by atoms with Gasteiger partial charge in [0.25, 0.3) is 0 Å². The fourth-order valence-electron chi connectivity index (χ4n) is 3.61. The summed E-state index contributed by atoms with van der Waals surface area (Å²) < 4.78 is 3.58. The molecular weight excluding hydrogens is 402 g/mol. The highest BCUT2D eigenvalue weighted by atomic mass is 16.3. The van der Waals surface area contributed by atoms with Crippen LogP contribution >= 0.6 is 0 Å². The molecule has 160 valence electrons. The molecule has 4 heterocycles. The predicted octanol–water partition coefficient (Wildman–Crippen LogP) is 4.17. The number of fused-ring (bicyclic) bond motifs is 1. The molecule has 0 bridgehead atoms. The Bertz CT molecular complexity index is 1350. The molecule has 8 nitrogen and oxygen atoms in total. The Kier molecular flexibility index (Phi) is 4.91. The first-order valence-electron chi connectivity index (χ1n) is 10.3. The van der Waals surface area contributed by atoms with E-state index in [-0.39, 0.29) is 0 Å². The van der Waals surface area contributed by atoms with Gasteiger partial charge in [0.1, 0.15) is 11.8 Å². The van der Waals surface area contributed by atoms with Crippen molar-refractivity contribution in [2.45, 2.75) is 26.0 Å². The number of aliphatic hydroxyl groups is 1. The van der Waals surface area contributed by atoms with Gasteiger partial charge in [0.15, 0.2) is 5.82 Å². The van der Waals surface area contributed by atoms with Crippen molar-refractivity contribution in [2.75, 3.05) is 5.32 Å². The Hall–Kier alpha value is -4.04. The number of hydrogen-bond acceptors (Lipinski definition) is 6. The first-order chi connectivity index (χ1) is 15.4. The van der Waals surface area contributed by atoms with Crippen LogP contribution in [0.4, 0.5) is 11.5 Å². The van der Waals surface area contributed by atoms with E-state index in [9.17, 15) is 5.11 Å². The molecule has 5 aromatic rings. The van der Waals surface area contributed by atoms with E-state index in [0.717, 1.165) is 39.3 Å². The van der Waals surface area contributed by atoms with E-state index in [1.165, 1.54) is 6.33 Å². The van der Waals surface area contributed by atoms with Gasteiger partial charge in [0.2, 0.25) is 0 Å². The molecule has 5 rings (SSSR count). The Morgan fingerprint density at radius 2 is 1.62 bits per heavy atom. The number of anilines is 2. The summed E-state index contributed by atoms with van der Waals surface area (Å²) in [7, 11) is 0. The smallest absolute Gasteiger partial charge is 0.158 e. The maximum Gasteiger partial charge on any atom is 0.158 e. The Morgan fingerprint density at radius 3 is 2.34 bits per heavy atom. The number of pyridine rings is 1. The van der Waals surface area contributed by atoms with Crippen molar-refractivity contribution in [2.24, 2.45) is 0 Å². The van der Waals surface area contributed by atoms with Crippen LogP contribution in [0.25, 0.3) is 27.8 Å². The molecule has 2 N–H and O–H groups in total. The van der Waals surface area contributed by atoms with Gasteiger partial charge in [-0.25, -0.2) is 9.50 Å². The third-order valence-electron chi connectivity index (χ3n) is 5.08. The lowest BCUT2D eigenvalue weighted by Crippen LogP contribution is -2.26. The van der Waals surface area contributed by atoms with Crippen LogP contribution in [0.15, 0.2) is 79.8 Å². The number of benzene rings is 1. The van der Waals surface area contributed by atoms with Crippen LogP contribution in [0.3, 0.4) is 0 Å². The lowest BCUT2D eigenvalue weighted by molar-refractivity contribution is 0.0577. The summed E-state index contributed by atoms with van der Waals surface area (Å²) in [6.45, 7) is 3.99. The lowest BCUT2D eigenvalue weighted by atomic mass is 10.0. The minimum Gasteiger partial charge on any atom is -0.389 e. The molecule has 0 radical (unpaired) electrons.